The Morgan fingerprint density at radius 3 is 2.69 bits per heavy atom. The molecule has 70 valence electrons. The number of nitrogens with zero attached hydrogens (tertiary/aromatic N) is 1. The first-order valence-electron chi connectivity index (χ1n) is 3.38. The Labute approximate surface area is 93.4 Å². The highest BCUT2D eigenvalue weighted by molar-refractivity contribution is 14.1. The third kappa shape index (κ3) is 2.29. The van der Waals surface area contributed by atoms with Gasteiger partial charge in [-0.05, 0) is 34.2 Å². The van der Waals surface area contributed by atoms with Crippen molar-refractivity contribution in [1.82, 2.24) is 0 Å². The molecule has 0 saturated carbocycles. The van der Waals surface area contributed by atoms with Gasteiger partial charge in [-0.25, -0.2) is 0 Å². The second-order valence-electron chi connectivity index (χ2n) is 2.36. The molecule has 0 amide bonds. The van der Waals surface area contributed by atoms with E-state index in [9.17, 15) is 10.1 Å². The third-order valence-corrected chi connectivity index (χ3v) is 2.57. The normalized spacial score (nSPS) is 10.1. The van der Waals surface area contributed by atoms with Crippen LogP contribution in [0.25, 0.3) is 0 Å². The summed E-state index contributed by atoms with van der Waals surface area (Å²) in [5.74, 6) is 0. The molecule has 0 atom stereocenters. The zero-order valence-electron chi connectivity index (χ0n) is 6.46. The van der Waals surface area contributed by atoms with E-state index < -0.39 is 4.92 Å². The van der Waals surface area contributed by atoms with Gasteiger partial charge in [-0.3, -0.25) is 10.1 Å². The quantitative estimate of drug-likeness (QED) is 0.517. The predicted octanol–water partition coefficient (Wildman–Crippen LogP) is 2.31. The van der Waals surface area contributed by atoms with Crippen LogP contribution in [0.3, 0.4) is 0 Å². The average Bonchev–Trinajstić information content (AvgIpc) is 2.08. The minimum atomic E-state index is -0.510. The summed E-state index contributed by atoms with van der Waals surface area (Å²) in [6.45, 7) is 0.205. The van der Waals surface area contributed by atoms with Gasteiger partial charge in [-0.2, -0.15) is 0 Å². The first-order valence-corrected chi connectivity index (χ1v) is 4.84. The van der Waals surface area contributed by atoms with E-state index in [4.69, 9.17) is 17.3 Å². The number of hydrogen-bond donors (Lipinski definition) is 1. The molecule has 1 aromatic carbocycles. The van der Waals surface area contributed by atoms with Crippen LogP contribution in [0, 0.1) is 13.7 Å². The number of nitrogens with two attached hydrogens (primary N) is 1. The number of nitro groups is 1. The molecule has 1 aromatic rings. The Morgan fingerprint density at radius 1 is 1.62 bits per heavy atom. The summed E-state index contributed by atoms with van der Waals surface area (Å²) in [6.07, 6.45) is 0. The van der Waals surface area contributed by atoms with E-state index in [0.29, 0.717) is 5.56 Å². The maximum atomic E-state index is 10.5. The highest BCUT2D eigenvalue weighted by Gasteiger charge is 2.16. The van der Waals surface area contributed by atoms with E-state index in [-0.39, 0.29) is 17.3 Å². The van der Waals surface area contributed by atoms with Crippen LogP contribution in [0.15, 0.2) is 12.1 Å². The van der Waals surface area contributed by atoms with Gasteiger partial charge in [0.15, 0.2) is 0 Å². The summed E-state index contributed by atoms with van der Waals surface area (Å²) in [4.78, 5) is 10.0. The Kier molecular flexibility index (Phi) is 3.46. The van der Waals surface area contributed by atoms with Crippen molar-refractivity contribution < 1.29 is 4.92 Å². The molecule has 0 aliphatic carbocycles. The van der Waals surface area contributed by atoms with Gasteiger partial charge in [0.2, 0.25) is 0 Å². The molecule has 0 aliphatic heterocycles. The minimum absolute atomic E-state index is 0.0889. The molecule has 13 heavy (non-hydrogen) atoms. The Balaban J connectivity index is 3.35. The number of rotatable bonds is 2. The second-order valence-corrected chi connectivity index (χ2v) is 3.98. The summed E-state index contributed by atoms with van der Waals surface area (Å²) in [5, 5.41) is 10.7. The summed E-state index contributed by atoms with van der Waals surface area (Å²) in [6, 6.07) is 3.15. The van der Waals surface area contributed by atoms with Crippen LogP contribution < -0.4 is 5.73 Å². The van der Waals surface area contributed by atoms with E-state index in [1.807, 2.05) is 22.6 Å². The fourth-order valence-corrected chi connectivity index (χ4v) is 1.84. The Hall–Kier alpha value is -0.400. The van der Waals surface area contributed by atoms with Gasteiger partial charge in [0.1, 0.15) is 5.02 Å². The van der Waals surface area contributed by atoms with E-state index in [1.54, 1.807) is 6.07 Å². The van der Waals surface area contributed by atoms with E-state index >= 15 is 0 Å². The second kappa shape index (κ2) is 4.21. The molecular formula is C7H6ClIN2O2. The van der Waals surface area contributed by atoms with Crippen LogP contribution in [0.1, 0.15) is 5.56 Å². The summed E-state index contributed by atoms with van der Waals surface area (Å²) < 4.78 is 0.758. The fourth-order valence-electron chi connectivity index (χ4n) is 0.911. The number of benzene rings is 1. The summed E-state index contributed by atoms with van der Waals surface area (Å²) in [5.41, 5.74) is 5.89. The van der Waals surface area contributed by atoms with Crippen molar-refractivity contribution >= 4 is 39.9 Å². The molecule has 0 aliphatic rings. The lowest BCUT2D eigenvalue weighted by Crippen LogP contribution is -2.00. The lowest BCUT2D eigenvalue weighted by Gasteiger charge is -2.02. The molecule has 0 bridgehead atoms. The first kappa shape index (κ1) is 10.7. The van der Waals surface area contributed by atoms with Gasteiger partial charge in [0.25, 0.3) is 5.69 Å². The van der Waals surface area contributed by atoms with Crippen molar-refractivity contribution in [3.8, 4) is 0 Å². The van der Waals surface area contributed by atoms with Gasteiger partial charge in [0.05, 0.1) is 4.92 Å². The van der Waals surface area contributed by atoms with E-state index in [2.05, 4.69) is 0 Å². The molecule has 1 rings (SSSR count). The van der Waals surface area contributed by atoms with Crippen molar-refractivity contribution in [2.45, 2.75) is 6.54 Å². The van der Waals surface area contributed by atoms with Gasteiger partial charge in [-0.1, -0.05) is 11.6 Å². The number of nitro benzene ring substituents is 1. The van der Waals surface area contributed by atoms with Crippen molar-refractivity contribution in [3.63, 3.8) is 0 Å². The molecule has 0 unspecified atom stereocenters. The molecule has 2 N–H and O–H groups in total. The van der Waals surface area contributed by atoms with Gasteiger partial charge < -0.3 is 5.73 Å². The van der Waals surface area contributed by atoms with Crippen molar-refractivity contribution in [3.05, 3.63) is 36.4 Å². The SMILES string of the molecule is NCc1cc(I)cc([N+](=O)[O-])c1Cl. The van der Waals surface area contributed by atoms with Crippen LogP contribution in [0.4, 0.5) is 5.69 Å². The standard InChI is InChI=1S/C7H6ClIN2O2/c8-7-4(3-10)1-5(9)2-6(7)11(12)13/h1-2H,3,10H2. The average molecular weight is 312 g/mol. The summed E-state index contributed by atoms with van der Waals surface area (Å²) in [7, 11) is 0. The van der Waals surface area contributed by atoms with Gasteiger partial charge in [0, 0.05) is 16.2 Å². The minimum Gasteiger partial charge on any atom is -0.326 e. The molecule has 0 saturated heterocycles. The van der Waals surface area contributed by atoms with Crippen LogP contribution in [-0.4, -0.2) is 4.92 Å². The first-order chi connectivity index (χ1) is 6.06. The maximum absolute atomic E-state index is 10.5. The Bertz CT molecular complexity index is 357. The maximum Gasteiger partial charge on any atom is 0.289 e. The lowest BCUT2D eigenvalue weighted by molar-refractivity contribution is -0.384. The van der Waals surface area contributed by atoms with Crippen LogP contribution in [0.5, 0.6) is 0 Å². The fraction of sp³-hybridized carbons (Fsp3) is 0.143. The molecule has 0 aromatic heterocycles. The van der Waals surface area contributed by atoms with Crippen LogP contribution in [0.2, 0.25) is 5.02 Å². The highest BCUT2D eigenvalue weighted by atomic mass is 127. The van der Waals surface area contributed by atoms with Gasteiger partial charge >= 0.3 is 0 Å². The van der Waals surface area contributed by atoms with E-state index in [0.717, 1.165) is 3.57 Å². The Morgan fingerprint density at radius 2 is 2.23 bits per heavy atom. The van der Waals surface area contributed by atoms with Gasteiger partial charge in [-0.15, -0.1) is 0 Å². The summed E-state index contributed by atoms with van der Waals surface area (Å²) >= 11 is 7.74. The zero-order valence-corrected chi connectivity index (χ0v) is 9.37. The molecule has 0 fully saturated rings. The van der Waals surface area contributed by atoms with Crippen LogP contribution >= 0.6 is 34.2 Å². The molecule has 4 nitrogen and oxygen atoms in total. The van der Waals surface area contributed by atoms with Crippen molar-refractivity contribution in [1.29, 1.82) is 0 Å². The molecular weight excluding hydrogens is 306 g/mol. The number of hydrogen-bond acceptors (Lipinski definition) is 3. The highest BCUT2D eigenvalue weighted by Crippen LogP contribution is 2.29. The molecule has 0 heterocycles. The molecule has 0 radical (unpaired) electrons. The van der Waals surface area contributed by atoms with Crippen molar-refractivity contribution in [2.24, 2.45) is 5.73 Å². The molecule has 6 heteroatoms. The van der Waals surface area contributed by atoms with Crippen LogP contribution in [-0.2, 0) is 6.54 Å². The zero-order chi connectivity index (χ0) is 10.0. The topological polar surface area (TPSA) is 69.2 Å². The number of halogens is 2. The lowest BCUT2D eigenvalue weighted by atomic mass is 10.2. The monoisotopic (exact) mass is 312 g/mol. The molecule has 0 spiro atoms. The third-order valence-electron chi connectivity index (χ3n) is 1.51. The largest absolute Gasteiger partial charge is 0.326 e. The smallest absolute Gasteiger partial charge is 0.289 e. The van der Waals surface area contributed by atoms with Crippen molar-refractivity contribution in [2.75, 3.05) is 0 Å². The predicted molar refractivity (Wildman–Crippen MR) is 58.7 cm³/mol. The van der Waals surface area contributed by atoms with E-state index in [1.165, 1.54) is 6.07 Å².